The van der Waals surface area contributed by atoms with Crippen molar-refractivity contribution in [3.8, 4) is 0 Å². The number of carboxylic acids is 1. The van der Waals surface area contributed by atoms with Gasteiger partial charge in [0, 0.05) is 0 Å². The molecule has 2 rings (SSSR count). The number of carbonyl (C=O) groups is 1. The predicted octanol–water partition coefficient (Wildman–Crippen LogP) is 0.914. The maximum Gasteiger partial charge on any atom is 0.339 e. The van der Waals surface area contributed by atoms with Gasteiger partial charge in [0.25, 0.3) is 0 Å². The molecule has 17 heavy (non-hydrogen) atoms. The molecule has 0 amide bonds. The van der Waals surface area contributed by atoms with Crippen LogP contribution < -0.4 is 5.32 Å². The van der Waals surface area contributed by atoms with E-state index in [0.29, 0.717) is 5.82 Å². The van der Waals surface area contributed by atoms with E-state index < -0.39 is 11.8 Å². The molecule has 0 radical (unpaired) electrons. The first-order valence-electron chi connectivity index (χ1n) is 4.55. The van der Waals surface area contributed by atoms with Gasteiger partial charge in [0.15, 0.2) is 5.82 Å². The summed E-state index contributed by atoms with van der Waals surface area (Å²) in [6.07, 6.45) is 2.07. The Morgan fingerprint density at radius 2 is 2.35 bits per heavy atom. The minimum atomic E-state index is -1.27. The van der Waals surface area contributed by atoms with E-state index in [-0.39, 0.29) is 17.9 Å². The van der Waals surface area contributed by atoms with Gasteiger partial charge in [0.05, 0.1) is 12.7 Å². The maximum atomic E-state index is 12.8. The number of aromatic nitrogens is 3. The third-order valence-corrected chi connectivity index (χ3v) is 1.91. The lowest BCUT2D eigenvalue weighted by atomic mass is 10.2. The molecule has 0 aromatic carbocycles. The Morgan fingerprint density at radius 3 is 3.00 bits per heavy atom. The average Bonchev–Trinajstić information content (AvgIpc) is 2.80. The zero-order valence-electron chi connectivity index (χ0n) is 8.42. The summed E-state index contributed by atoms with van der Waals surface area (Å²) in [5, 5.41) is 15.1. The van der Waals surface area contributed by atoms with Crippen molar-refractivity contribution in [2.24, 2.45) is 0 Å². The number of aromatic carboxylic acids is 1. The van der Waals surface area contributed by atoms with E-state index in [1.54, 1.807) is 0 Å². The van der Waals surface area contributed by atoms with Crippen LogP contribution in [0.2, 0.25) is 0 Å². The lowest BCUT2D eigenvalue weighted by molar-refractivity contribution is 0.0697. The number of rotatable bonds is 4. The van der Waals surface area contributed by atoms with Crippen LogP contribution in [0.5, 0.6) is 0 Å². The van der Waals surface area contributed by atoms with Crippen LogP contribution in [-0.2, 0) is 6.54 Å². The maximum absolute atomic E-state index is 12.8. The summed E-state index contributed by atoms with van der Waals surface area (Å²) < 4.78 is 17.3. The zero-order chi connectivity index (χ0) is 12.3. The molecule has 0 atom stereocenters. The first kappa shape index (κ1) is 11.0. The van der Waals surface area contributed by atoms with Crippen molar-refractivity contribution in [1.29, 1.82) is 0 Å². The van der Waals surface area contributed by atoms with Crippen molar-refractivity contribution in [2.45, 2.75) is 6.54 Å². The number of carboxylic acid groups (broad SMARTS) is 1. The smallest absolute Gasteiger partial charge is 0.339 e. The van der Waals surface area contributed by atoms with Crippen molar-refractivity contribution >= 4 is 11.8 Å². The molecule has 0 aliphatic rings. The van der Waals surface area contributed by atoms with Crippen LogP contribution in [0.15, 0.2) is 23.2 Å². The van der Waals surface area contributed by atoms with Gasteiger partial charge in [-0.1, -0.05) is 5.16 Å². The topological polar surface area (TPSA) is 101 Å². The molecule has 0 fully saturated rings. The predicted molar refractivity (Wildman–Crippen MR) is 52.8 cm³/mol. The van der Waals surface area contributed by atoms with Gasteiger partial charge < -0.3 is 14.9 Å². The highest BCUT2D eigenvalue weighted by atomic mass is 19.1. The van der Waals surface area contributed by atoms with E-state index in [1.807, 2.05) is 0 Å². The number of hydrogen-bond acceptors (Lipinski definition) is 6. The fourth-order valence-corrected chi connectivity index (χ4v) is 1.18. The first-order valence-corrected chi connectivity index (χ1v) is 4.55. The second kappa shape index (κ2) is 4.56. The Morgan fingerprint density at radius 1 is 1.53 bits per heavy atom. The molecule has 2 aromatic heterocycles. The van der Waals surface area contributed by atoms with Crippen LogP contribution in [0.4, 0.5) is 10.2 Å². The van der Waals surface area contributed by atoms with Crippen LogP contribution in [0.25, 0.3) is 0 Å². The Kier molecular flexibility index (Phi) is 2.95. The molecule has 8 heteroatoms. The molecule has 0 bridgehead atoms. The van der Waals surface area contributed by atoms with E-state index in [1.165, 1.54) is 0 Å². The quantitative estimate of drug-likeness (QED) is 0.816. The van der Waals surface area contributed by atoms with Crippen molar-refractivity contribution in [2.75, 3.05) is 5.32 Å². The van der Waals surface area contributed by atoms with Crippen LogP contribution in [0.3, 0.4) is 0 Å². The Balaban J connectivity index is 2.17. The van der Waals surface area contributed by atoms with Crippen molar-refractivity contribution in [3.05, 3.63) is 35.9 Å². The van der Waals surface area contributed by atoms with Gasteiger partial charge >= 0.3 is 5.97 Å². The lowest BCUT2D eigenvalue weighted by Crippen LogP contribution is -2.09. The summed E-state index contributed by atoms with van der Waals surface area (Å²) in [4.78, 5) is 18.2. The highest BCUT2D eigenvalue weighted by Gasteiger charge is 2.13. The monoisotopic (exact) mass is 238 g/mol. The van der Waals surface area contributed by atoms with Gasteiger partial charge in [-0.15, -0.1) is 0 Å². The molecule has 88 valence electrons. The molecule has 0 unspecified atom stereocenters. The third kappa shape index (κ3) is 2.54. The molecule has 2 N–H and O–H groups in total. The number of hydrogen-bond donors (Lipinski definition) is 2. The average molecular weight is 238 g/mol. The molecule has 0 aliphatic carbocycles. The highest BCUT2D eigenvalue weighted by molar-refractivity contribution is 5.92. The van der Waals surface area contributed by atoms with Gasteiger partial charge in [-0.3, -0.25) is 0 Å². The molecule has 0 aliphatic heterocycles. The fourth-order valence-electron chi connectivity index (χ4n) is 1.18. The summed E-state index contributed by atoms with van der Waals surface area (Å²) in [6, 6.07) is 0.883. The number of nitrogens with one attached hydrogen (secondary N) is 1. The van der Waals surface area contributed by atoms with Crippen LogP contribution in [-0.4, -0.2) is 26.2 Å². The normalized spacial score (nSPS) is 10.2. The number of pyridine rings is 1. The number of anilines is 1. The minimum absolute atomic E-state index is 0.0451. The van der Waals surface area contributed by atoms with Crippen molar-refractivity contribution in [3.63, 3.8) is 0 Å². The first-order chi connectivity index (χ1) is 8.16. The molecule has 0 saturated heterocycles. The standard InChI is InChI=1S/C9H7FN4O3/c10-5-1-6(9(15)16)8(11-2-5)12-3-7-13-4-17-14-7/h1-2,4H,3H2,(H,11,12)(H,15,16). The Bertz CT molecular complexity index is 529. The Labute approximate surface area is 94.3 Å². The fraction of sp³-hybridized carbons (Fsp3) is 0.111. The molecular formula is C9H7FN4O3. The summed E-state index contributed by atoms with van der Waals surface area (Å²) in [6.45, 7) is 0.134. The lowest BCUT2D eigenvalue weighted by Gasteiger charge is -2.05. The van der Waals surface area contributed by atoms with Gasteiger partial charge in [-0.2, -0.15) is 4.98 Å². The molecule has 0 spiro atoms. The molecular weight excluding hydrogens is 231 g/mol. The molecule has 7 nitrogen and oxygen atoms in total. The van der Waals surface area contributed by atoms with Crippen LogP contribution in [0, 0.1) is 5.82 Å². The van der Waals surface area contributed by atoms with Gasteiger partial charge in [0.1, 0.15) is 17.2 Å². The van der Waals surface area contributed by atoms with Crippen molar-refractivity contribution in [1.82, 2.24) is 15.1 Å². The van der Waals surface area contributed by atoms with Gasteiger partial charge in [-0.05, 0) is 6.07 Å². The summed E-state index contributed by atoms with van der Waals surface area (Å²) in [5.74, 6) is -1.60. The zero-order valence-corrected chi connectivity index (χ0v) is 8.42. The second-order valence-corrected chi connectivity index (χ2v) is 3.06. The largest absolute Gasteiger partial charge is 0.478 e. The molecule has 2 aromatic rings. The number of nitrogens with zero attached hydrogens (tertiary/aromatic N) is 3. The van der Waals surface area contributed by atoms with E-state index in [0.717, 1.165) is 18.7 Å². The summed E-state index contributed by atoms with van der Waals surface area (Å²) in [5.41, 5.74) is -0.256. The van der Waals surface area contributed by atoms with E-state index in [4.69, 9.17) is 5.11 Å². The third-order valence-electron chi connectivity index (χ3n) is 1.91. The summed E-state index contributed by atoms with van der Waals surface area (Å²) in [7, 11) is 0. The van der Waals surface area contributed by atoms with Crippen molar-refractivity contribution < 1.29 is 18.8 Å². The van der Waals surface area contributed by atoms with Gasteiger partial charge in [-0.25, -0.2) is 14.2 Å². The highest BCUT2D eigenvalue weighted by Crippen LogP contribution is 2.14. The van der Waals surface area contributed by atoms with E-state index in [9.17, 15) is 9.18 Å². The van der Waals surface area contributed by atoms with E-state index in [2.05, 4.69) is 25.0 Å². The molecule has 2 heterocycles. The second-order valence-electron chi connectivity index (χ2n) is 3.06. The number of halogens is 1. The summed E-state index contributed by atoms with van der Waals surface area (Å²) >= 11 is 0. The Hall–Kier alpha value is -2.51. The van der Waals surface area contributed by atoms with Crippen LogP contribution in [0.1, 0.15) is 16.2 Å². The van der Waals surface area contributed by atoms with E-state index >= 15 is 0 Å². The minimum Gasteiger partial charge on any atom is -0.478 e. The van der Waals surface area contributed by atoms with Crippen LogP contribution >= 0.6 is 0 Å². The molecule has 0 saturated carbocycles. The SMILES string of the molecule is O=C(O)c1cc(F)cnc1NCc1ncon1. The van der Waals surface area contributed by atoms with Gasteiger partial charge in [0.2, 0.25) is 6.39 Å².